The van der Waals surface area contributed by atoms with E-state index in [9.17, 15) is 9.59 Å². The van der Waals surface area contributed by atoms with Crippen LogP contribution in [0.15, 0.2) is 30.6 Å². The van der Waals surface area contributed by atoms with Gasteiger partial charge in [0.2, 0.25) is 5.91 Å². The fourth-order valence-corrected chi connectivity index (χ4v) is 3.89. The van der Waals surface area contributed by atoms with Gasteiger partial charge in [-0.2, -0.15) is 5.10 Å². The molecule has 0 bridgehead atoms. The van der Waals surface area contributed by atoms with Crippen molar-refractivity contribution >= 4 is 40.3 Å². The second kappa shape index (κ2) is 6.45. The van der Waals surface area contributed by atoms with Crippen LogP contribution < -0.4 is 10.6 Å². The molecule has 0 spiro atoms. The zero-order chi connectivity index (χ0) is 17.4. The molecule has 0 aromatic carbocycles. The number of nitrogens with zero attached hydrogens (tertiary/aromatic N) is 3. The van der Waals surface area contributed by atoms with E-state index >= 15 is 0 Å². The number of nitrogens with one attached hydrogen (secondary N) is 2. The predicted molar refractivity (Wildman–Crippen MR) is 94.8 cm³/mol. The number of hydrogen-bond donors (Lipinski definition) is 2. The molecule has 9 heteroatoms. The number of hydrogen-bond acceptors (Lipinski definition) is 5. The minimum atomic E-state index is -0.524. The zero-order valence-electron chi connectivity index (χ0n) is 13.0. The Kier molecular flexibility index (Phi) is 4.14. The smallest absolute Gasteiger partial charge is 0.280 e. The molecule has 1 fully saturated rings. The molecule has 0 saturated carbocycles. The molecule has 2 amide bonds. The van der Waals surface area contributed by atoms with Crippen LogP contribution in [0.4, 0.5) is 0 Å². The molecule has 1 saturated heterocycles. The summed E-state index contributed by atoms with van der Waals surface area (Å²) in [5.74, 6) is -0.554. The standard InChI is InChI=1S/C16H14ClN5O2S/c17-13-12(9-8-19-22-7-2-1-5-11(9)22)21-16(25-13)15(24)20-10-4-3-6-18-14(10)23/h1-2,5,7-8,10H,3-4,6H2,(H,18,23)(H,20,24). The molecule has 1 aliphatic heterocycles. The second-order valence-electron chi connectivity index (χ2n) is 5.69. The van der Waals surface area contributed by atoms with E-state index in [2.05, 4.69) is 20.7 Å². The van der Waals surface area contributed by atoms with Gasteiger partial charge in [0.05, 0.1) is 11.7 Å². The third kappa shape index (κ3) is 2.98. The van der Waals surface area contributed by atoms with E-state index in [4.69, 9.17) is 11.6 Å². The molecule has 4 rings (SSSR count). The quantitative estimate of drug-likeness (QED) is 0.734. The molecule has 1 aliphatic rings. The van der Waals surface area contributed by atoms with Crippen molar-refractivity contribution in [2.45, 2.75) is 18.9 Å². The van der Waals surface area contributed by atoms with Gasteiger partial charge in [0.1, 0.15) is 16.1 Å². The van der Waals surface area contributed by atoms with Crippen LogP contribution in [0.2, 0.25) is 4.34 Å². The molecule has 0 radical (unpaired) electrons. The van der Waals surface area contributed by atoms with Crippen LogP contribution in [0.3, 0.4) is 0 Å². The summed E-state index contributed by atoms with van der Waals surface area (Å²) < 4.78 is 2.13. The van der Waals surface area contributed by atoms with E-state index in [1.807, 2.05) is 24.4 Å². The Morgan fingerprint density at radius 2 is 2.32 bits per heavy atom. The van der Waals surface area contributed by atoms with Crippen molar-refractivity contribution in [2.75, 3.05) is 6.54 Å². The van der Waals surface area contributed by atoms with Crippen LogP contribution in [0, 0.1) is 0 Å². The van der Waals surface area contributed by atoms with Crippen LogP contribution in [-0.2, 0) is 4.79 Å². The summed E-state index contributed by atoms with van der Waals surface area (Å²) in [6, 6.07) is 5.16. The molecule has 0 aliphatic carbocycles. The monoisotopic (exact) mass is 375 g/mol. The average Bonchev–Trinajstić information content (AvgIpc) is 3.20. The van der Waals surface area contributed by atoms with Gasteiger partial charge < -0.3 is 10.6 Å². The number of thiazole rings is 1. The molecule has 128 valence electrons. The number of rotatable bonds is 3. The molecule has 7 nitrogen and oxygen atoms in total. The maximum Gasteiger partial charge on any atom is 0.280 e. The lowest BCUT2D eigenvalue weighted by Crippen LogP contribution is -2.50. The number of pyridine rings is 1. The first kappa shape index (κ1) is 16.0. The summed E-state index contributed by atoms with van der Waals surface area (Å²) in [4.78, 5) is 28.6. The van der Waals surface area contributed by atoms with Crippen molar-refractivity contribution in [3.63, 3.8) is 0 Å². The van der Waals surface area contributed by atoms with E-state index in [1.54, 1.807) is 10.7 Å². The normalized spacial score (nSPS) is 17.5. The summed E-state index contributed by atoms with van der Waals surface area (Å²) in [6.07, 6.45) is 4.96. The van der Waals surface area contributed by atoms with Gasteiger partial charge in [-0.15, -0.1) is 0 Å². The third-order valence-corrected chi connectivity index (χ3v) is 5.31. The molecule has 25 heavy (non-hydrogen) atoms. The summed E-state index contributed by atoms with van der Waals surface area (Å²) in [5.41, 5.74) is 2.13. The lowest BCUT2D eigenvalue weighted by molar-refractivity contribution is -0.124. The van der Waals surface area contributed by atoms with E-state index < -0.39 is 11.9 Å². The van der Waals surface area contributed by atoms with E-state index in [0.29, 0.717) is 23.0 Å². The van der Waals surface area contributed by atoms with Crippen molar-refractivity contribution in [2.24, 2.45) is 0 Å². The zero-order valence-corrected chi connectivity index (χ0v) is 14.6. The topological polar surface area (TPSA) is 88.4 Å². The Labute approximate surface area is 152 Å². The van der Waals surface area contributed by atoms with Gasteiger partial charge in [0.15, 0.2) is 5.01 Å². The Morgan fingerprint density at radius 3 is 3.16 bits per heavy atom. The Hall–Kier alpha value is -2.45. The Morgan fingerprint density at radius 1 is 1.44 bits per heavy atom. The number of aromatic nitrogens is 3. The summed E-state index contributed by atoms with van der Waals surface area (Å²) in [6.45, 7) is 0.646. The van der Waals surface area contributed by atoms with Gasteiger partial charge in [-0.25, -0.2) is 9.50 Å². The van der Waals surface area contributed by atoms with Crippen molar-refractivity contribution in [3.05, 3.63) is 39.9 Å². The van der Waals surface area contributed by atoms with E-state index in [0.717, 1.165) is 28.8 Å². The van der Waals surface area contributed by atoms with Crippen LogP contribution in [0.1, 0.15) is 22.6 Å². The van der Waals surface area contributed by atoms with E-state index in [1.165, 1.54) is 0 Å². The van der Waals surface area contributed by atoms with Gasteiger partial charge in [-0.1, -0.05) is 29.0 Å². The lowest BCUT2D eigenvalue weighted by Gasteiger charge is -2.22. The minimum Gasteiger partial charge on any atom is -0.354 e. The number of piperidine rings is 1. The molecular formula is C16H14ClN5O2S. The van der Waals surface area contributed by atoms with Crippen LogP contribution in [-0.4, -0.2) is 39.0 Å². The Balaban J connectivity index is 1.62. The highest BCUT2D eigenvalue weighted by atomic mass is 35.5. The summed E-state index contributed by atoms with van der Waals surface area (Å²) >= 11 is 7.40. The van der Waals surface area contributed by atoms with Crippen LogP contribution in [0.25, 0.3) is 16.8 Å². The number of carbonyl (C=O) groups excluding carboxylic acids is 2. The molecule has 2 N–H and O–H groups in total. The molecule has 3 aromatic heterocycles. The van der Waals surface area contributed by atoms with Crippen molar-refractivity contribution in [1.29, 1.82) is 0 Å². The summed E-state index contributed by atoms with van der Waals surface area (Å²) in [7, 11) is 0. The van der Waals surface area contributed by atoms with Crippen LogP contribution >= 0.6 is 22.9 Å². The first-order valence-corrected chi connectivity index (χ1v) is 9.00. The highest BCUT2D eigenvalue weighted by molar-refractivity contribution is 7.18. The van der Waals surface area contributed by atoms with Gasteiger partial charge >= 0.3 is 0 Å². The number of carbonyl (C=O) groups is 2. The van der Waals surface area contributed by atoms with Gasteiger partial charge in [0, 0.05) is 18.3 Å². The van der Waals surface area contributed by atoms with Crippen molar-refractivity contribution in [3.8, 4) is 11.3 Å². The maximum absolute atomic E-state index is 12.4. The SMILES string of the molecule is O=C(NC1CCCNC1=O)c1nc(-c2cnn3ccccc23)c(Cl)s1. The average molecular weight is 376 g/mol. The first-order chi connectivity index (χ1) is 12.1. The van der Waals surface area contributed by atoms with Gasteiger partial charge in [0.25, 0.3) is 5.91 Å². The van der Waals surface area contributed by atoms with E-state index in [-0.39, 0.29) is 10.9 Å². The van der Waals surface area contributed by atoms with Crippen molar-refractivity contribution in [1.82, 2.24) is 25.2 Å². The largest absolute Gasteiger partial charge is 0.354 e. The Bertz CT molecular complexity index is 966. The molecule has 4 heterocycles. The molecule has 1 unspecified atom stereocenters. The predicted octanol–water partition coefficient (Wildman–Crippen LogP) is 2.12. The minimum absolute atomic E-state index is 0.162. The highest BCUT2D eigenvalue weighted by Gasteiger charge is 2.26. The summed E-state index contributed by atoms with van der Waals surface area (Å²) in [5, 5.41) is 9.96. The maximum atomic E-state index is 12.4. The fourth-order valence-electron chi connectivity index (χ4n) is 2.81. The van der Waals surface area contributed by atoms with Crippen molar-refractivity contribution < 1.29 is 9.59 Å². The number of fused-ring (bicyclic) bond motifs is 1. The highest BCUT2D eigenvalue weighted by Crippen LogP contribution is 2.34. The number of amides is 2. The fraction of sp³-hybridized carbons (Fsp3) is 0.250. The molecule has 1 atom stereocenters. The number of halogens is 1. The second-order valence-corrected chi connectivity index (χ2v) is 7.29. The molecular weight excluding hydrogens is 362 g/mol. The third-order valence-electron chi connectivity index (χ3n) is 4.05. The molecule has 3 aromatic rings. The van der Waals surface area contributed by atoms with Gasteiger partial charge in [-0.05, 0) is 25.0 Å². The lowest BCUT2D eigenvalue weighted by atomic mass is 10.1. The van der Waals surface area contributed by atoms with Gasteiger partial charge in [-0.3, -0.25) is 9.59 Å². The van der Waals surface area contributed by atoms with Crippen LogP contribution in [0.5, 0.6) is 0 Å². The first-order valence-electron chi connectivity index (χ1n) is 7.81.